The Morgan fingerprint density at radius 2 is 2.00 bits per heavy atom. The summed E-state index contributed by atoms with van der Waals surface area (Å²) in [5.74, 6) is -0.127. The van der Waals surface area contributed by atoms with E-state index < -0.39 is 0 Å². The summed E-state index contributed by atoms with van der Waals surface area (Å²) in [6.45, 7) is 2.56. The highest BCUT2D eigenvalue weighted by molar-refractivity contribution is 14.1. The summed E-state index contributed by atoms with van der Waals surface area (Å²) >= 11 is 2.28. The van der Waals surface area contributed by atoms with Crippen LogP contribution in [0.25, 0.3) is 0 Å². The number of halogens is 1. The Labute approximate surface area is 128 Å². The van der Waals surface area contributed by atoms with Crippen LogP contribution < -0.4 is 5.32 Å². The lowest BCUT2D eigenvalue weighted by Gasteiger charge is -2.17. The highest BCUT2D eigenvalue weighted by Gasteiger charge is 2.22. The van der Waals surface area contributed by atoms with E-state index in [-0.39, 0.29) is 18.1 Å². The van der Waals surface area contributed by atoms with Gasteiger partial charge >= 0.3 is 5.97 Å². The lowest BCUT2D eigenvalue weighted by molar-refractivity contribution is -0.150. The van der Waals surface area contributed by atoms with Crippen LogP contribution in [0.5, 0.6) is 0 Å². The summed E-state index contributed by atoms with van der Waals surface area (Å²) in [6.07, 6.45) is 4.56. The van der Waals surface area contributed by atoms with E-state index in [1.807, 2.05) is 6.92 Å². The van der Waals surface area contributed by atoms with Crippen molar-refractivity contribution < 1.29 is 9.53 Å². The third-order valence-electron chi connectivity index (χ3n) is 3.46. The van der Waals surface area contributed by atoms with Crippen molar-refractivity contribution in [1.29, 1.82) is 0 Å². The fraction of sp³-hybridized carbons (Fsp3) is 0.533. The molecule has 1 aromatic carbocycles. The summed E-state index contributed by atoms with van der Waals surface area (Å²) in [5.41, 5.74) is 1.18. The van der Waals surface area contributed by atoms with Crippen LogP contribution in [0.15, 0.2) is 24.3 Å². The van der Waals surface area contributed by atoms with E-state index in [4.69, 9.17) is 4.74 Å². The van der Waals surface area contributed by atoms with E-state index in [9.17, 15) is 4.79 Å². The molecule has 0 unspecified atom stereocenters. The second kappa shape index (κ2) is 7.24. The lowest BCUT2D eigenvalue weighted by atomic mass is 10.2. The van der Waals surface area contributed by atoms with Gasteiger partial charge in [-0.05, 0) is 72.9 Å². The fourth-order valence-electron chi connectivity index (χ4n) is 2.23. The number of benzene rings is 1. The molecule has 1 atom stereocenters. The Bertz CT molecular complexity index is 413. The maximum Gasteiger partial charge on any atom is 0.323 e. The predicted molar refractivity (Wildman–Crippen MR) is 83.8 cm³/mol. The Kier molecular flexibility index (Phi) is 5.63. The van der Waals surface area contributed by atoms with Gasteiger partial charge in [-0.15, -0.1) is 0 Å². The van der Waals surface area contributed by atoms with E-state index in [1.165, 1.54) is 22.0 Å². The Morgan fingerprint density at radius 1 is 1.37 bits per heavy atom. The molecule has 0 heterocycles. The molecule has 0 bridgehead atoms. The van der Waals surface area contributed by atoms with Crippen LogP contribution in [0.1, 0.15) is 38.2 Å². The summed E-state index contributed by atoms with van der Waals surface area (Å²) in [5, 5.41) is 3.22. The number of hydrogen-bond acceptors (Lipinski definition) is 3. The lowest BCUT2D eigenvalue weighted by Crippen LogP contribution is -2.36. The van der Waals surface area contributed by atoms with Crippen LogP contribution in [0.2, 0.25) is 0 Å². The Hall–Kier alpha value is -0.620. The van der Waals surface area contributed by atoms with Gasteiger partial charge in [0.2, 0.25) is 0 Å². The van der Waals surface area contributed by atoms with Crippen LogP contribution in [-0.4, -0.2) is 18.1 Å². The van der Waals surface area contributed by atoms with Gasteiger partial charge in [-0.3, -0.25) is 4.79 Å². The second-order valence-electron chi connectivity index (χ2n) is 5.07. The summed E-state index contributed by atoms with van der Waals surface area (Å²) in [6, 6.07) is 8.03. The molecule has 1 aromatic rings. The molecule has 0 saturated heterocycles. The molecule has 0 aliphatic heterocycles. The topological polar surface area (TPSA) is 38.3 Å². The maximum atomic E-state index is 11.9. The Morgan fingerprint density at radius 3 is 2.63 bits per heavy atom. The molecule has 0 spiro atoms. The molecule has 0 radical (unpaired) electrons. The molecular formula is C15H20INO2. The first-order valence-electron chi connectivity index (χ1n) is 6.83. The average molecular weight is 373 g/mol. The van der Waals surface area contributed by atoms with E-state index >= 15 is 0 Å². The molecule has 0 amide bonds. The monoisotopic (exact) mass is 373 g/mol. The third kappa shape index (κ3) is 4.76. The average Bonchev–Trinajstić information content (AvgIpc) is 2.90. The van der Waals surface area contributed by atoms with E-state index in [2.05, 4.69) is 52.2 Å². The molecule has 4 heteroatoms. The highest BCUT2D eigenvalue weighted by atomic mass is 127. The minimum atomic E-state index is -0.250. The minimum Gasteiger partial charge on any atom is -0.461 e. The first kappa shape index (κ1) is 14.8. The van der Waals surface area contributed by atoms with Gasteiger partial charge in [-0.2, -0.15) is 0 Å². The van der Waals surface area contributed by atoms with Gasteiger partial charge in [0.1, 0.15) is 12.1 Å². The summed E-state index contributed by atoms with van der Waals surface area (Å²) < 4.78 is 6.70. The summed E-state index contributed by atoms with van der Waals surface area (Å²) in [4.78, 5) is 11.9. The van der Waals surface area contributed by atoms with Gasteiger partial charge in [0.25, 0.3) is 0 Å². The van der Waals surface area contributed by atoms with Crippen LogP contribution in [-0.2, 0) is 16.1 Å². The number of esters is 1. The van der Waals surface area contributed by atoms with Gasteiger partial charge in [-0.25, -0.2) is 0 Å². The second-order valence-corrected chi connectivity index (χ2v) is 6.32. The van der Waals surface area contributed by atoms with Gasteiger partial charge in [0.15, 0.2) is 0 Å². The van der Waals surface area contributed by atoms with Crippen molar-refractivity contribution >= 4 is 28.6 Å². The molecule has 1 fully saturated rings. The van der Waals surface area contributed by atoms with Crippen LogP contribution in [0, 0.1) is 3.57 Å². The van der Waals surface area contributed by atoms with Crippen molar-refractivity contribution in [3.8, 4) is 0 Å². The molecule has 1 aliphatic carbocycles. The third-order valence-corrected chi connectivity index (χ3v) is 4.18. The standard InChI is InChI=1S/C15H20INO2/c1-11(15(18)19-14-4-2-3-5-14)17-10-12-6-8-13(16)9-7-12/h6-9,11,14,17H,2-5,10H2,1H3/t11-/m0/s1. The zero-order valence-corrected chi connectivity index (χ0v) is 13.4. The molecule has 19 heavy (non-hydrogen) atoms. The number of rotatable bonds is 5. The maximum absolute atomic E-state index is 11.9. The number of nitrogens with one attached hydrogen (secondary N) is 1. The van der Waals surface area contributed by atoms with Crippen molar-refractivity contribution in [2.24, 2.45) is 0 Å². The van der Waals surface area contributed by atoms with E-state index in [1.54, 1.807) is 0 Å². The smallest absolute Gasteiger partial charge is 0.323 e. The van der Waals surface area contributed by atoms with Crippen molar-refractivity contribution in [2.45, 2.75) is 51.3 Å². The minimum absolute atomic E-state index is 0.127. The van der Waals surface area contributed by atoms with Gasteiger partial charge < -0.3 is 10.1 Å². The van der Waals surface area contributed by atoms with Crippen molar-refractivity contribution in [3.63, 3.8) is 0 Å². The SMILES string of the molecule is C[C@H](NCc1ccc(I)cc1)C(=O)OC1CCCC1. The molecule has 104 valence electrons. The number of carbonyl (C=O) groups is 1. The number of ether oxygens (including phenoxy) is 1. The molecule has 2 rings (SSSR count). The van der Waals surface area contributed by atoms with Gasteiger partial charge in [0.05, 0.1) is 0 Å². The molecule has 0 aromatic heterocycles. The molecule has 1 N–H and O–H groups in total. The van der Waals surface area contributed by atoms with Crippen LogP contribution in [0.3, 0.4) is 0 Å². The van der Waals surface area contributed by atoms with Crippen LogP contribution in [0.4, 0.5) is 0 Å². The quantitative estimate of drug-likeness (QED) is 0.636. The normalized spacial score (nSPS) is 17.4. The first-order chi connectivity index (χ1) is 9.15. The fourth-order valence-corrected chi connectivity index (χ4v) is 2.59. The predicted octanol–water partition coefficient (Wildman–Crippen LogP) is 3.26. The zero-order chi connectivity index (χ0) is 13.7. The summed E-state index contributed by atoms with van der Waals surface area (Å²) in [7, 11) is 0. The van der Waals surface area contributed by atoms with Gasteiger partial charge in [-0.1, -0.05) is 12.1 Å². The van der Waals surface area contributed by atoms with Crippen LogP contribution >= 0.6 is 22.6 Å². The number of carbonyl (C=O) groups excluding carboxylic acids is 1. The molecule has 1 aliphatic rings. The van der Waals surface area contributed by atoms with Crippen molar-refractivity contribution in [1.82, 2.24) is 5.32 Å². The van der Waals surface area contributed by atoms with E-state index in [0.29, 0.717) is 6.54 Å². The largest absolute Gasteiger partial charge is 0.461 e. The van der Waals surface area contributed by atoms with E-state index in [0.717, 1.165) is 12.8 Å². The van der Waals surface area contributed by atoms with Gasteiger partial charge in [0, 0.05) is 10.1 Å². The Balaban J connectivity index is 1.75. The van der Waals surface area contributed by atoms with Crippen molar-refractivity contribution in [2.75, 3.05) is 0 Å². The molecule has 3 nitrogen and oxygen atoms in total. The molecule has 1 saturated carbocycles. The number of hydrogen-bond donors (Lipinski definition) is 1. The zero-order valence-electron chi connectivity index (χ0n) is 11.2. The molecular weight excluding hydrogens is 353 g/mol. The first-order valence-corrected chi connectivity index (χ1v) is 7.91. The van der Waals surface area contributed by atoms with Crippen molar-refractivity contribution in [3.05, 3.63) is 33.4 Å². The highest BCUT2D eigenvalue weighted by Crippen LogP contribution is 2.21.